The molecule has 0 fully saturated rings. The van der Waals surface area contributed by atoms with Crippen molar-refractivity contribution >= 4 is 34.2 Å². The quantitative estimate of drug-likeness (QED) is 0.631. The average Bonchev–Trinajstić information content (AvgIpc) is 2.58. The number of nitrogen functional groups attached to an aromatic ring is 1. The number of carbonyl (C=O) groups is 1. The molecule has 0 aliphatic carbocycles. The minimum atomic E-state index is -1.08. The first kappa shape index (κ1) is 8.90. The van der Waals surface area contributed by atoms with Crippen molar-refractivity contribution in [2.75, 3.05) is 5.73 Å². The lowest BCUT2D eigenvalue weighted by molar-refractivity contribution is 0.0697. The number of hydrogen-bond donors (Lipinski definition) is 3. The van der Waals surface area contributed by atoms with Crippen LogP contribution in [0.1, 0.15) is 10.4 Å². The van der Waals surface area contributed by atoms with Crippen LogP contribution in [0, 0.1) is 0 Å². The number of nitrogens with one attached hydrogen (secondary N) is 1. The lowest BCUT2D eigenvalue weighted by Gasteiger charge is -2.03. The molecule has 14 heavy (non-hydrogen) atoms. The molecule has 2 aromatic rings. The van der Waals surface area contributed by atoms with Gasteiger partial charge in [-0.2, -0.15) is 0 Å². The van der Waals surface area contributed by atoms with E-state index in [9.17, 15) is 4.79 Å². The van der Waals surface area contributed by atoms with Gasteiger partial charge >= 0.3 is 5.97 Å². The Morgan fingerprint density at radius 3 is 2.93 bits per heavy atom. The molecule has 0 bridgehead atoms. The molecule has 0 aliphatic rings. The van der Waals surface area contributed by atoms with Crippen LogP contribution in [0.4, 0.5) is 5.69 Å². The molecule has 0 unspecified atom stereocenters. The van der Waals surface area contributed by atoms with Crippen LogP contribution in [0.3, 0.4) is 0 Å². The number of aromatic amines is 1. The average molecular weight is 211 g/mol. The first-order valence-corrected chi connectivity index (χ1v) is 4.27. The van der Waals surface area contributed by atoms with Crippen molar-refractivity contribution in [2.45, 2.75) is 0 Å². The first-order chi connectivity index (χ1) is 6.61. The van der Waals surface area contributed by atoms with Gasteiger partial charge < -0.3 is 15.8 Å². The fraction of sp³-hybridized carbons (Fsp3) is 0. The number of hydrogen-bond acceptors (Lipinski definition) is 2. The molecule has 1 aromatic heterocycles. The molecular formula is C9H7ClN2O2. The first-order valence-electron chi connectivity index (χ1n) is 3.89. The number of aromatic carboxylic acids is 1. The lowest BCUT2D eigenvalue weighted by Crippen LogP contribution is -2.00. The molecule has 1 aromatic carbocycles. The van der Waals surface area contributed by atoms with Crippen molar-refractivity contribution in [1.82, 2.24) is 4.98 Å². The largest absolute Gasteiger partial charge is 0.478 e. The summed E-state index contributed by atoms with van der Waals surface area (Å²) in [6.45, 7) is 0. The fourth-order valence-electron chi connectivity index (χ4n) is 1.36. The number of anilines is 1. The third-order valence-corrected chi connectivity index (χ3v) is 2.47. The minimum Gasteiger partial charge on any atom is -0.478 e. The van der Waals surface area contributed by atoms with Gasteiger partial charge in [0.15, 0.2) is 0 Å². The van der Waals surface area contributed by atoms with Crippen LogP contribution in [-0.2, 0) is 0 Å². The van der Waals surface area contributed by atoms with Crippen LogP contribution in [0.25, 0.3) is 10.9 Å². The normalized spacial score (nSPS) is 10.6. The molecule has 0 radical (unpaired) electrons. The zero-order valence-electron chi connectivity index (χ0n) is 7.04. The third-order valence-electron chi connectivity index (χ3n) is 2.06. The lowest BCUT2D eigenvalue weighted by atomic mass is 10.1. The molecule has 0 amide bonds. The SMILES string of the molecule is Nc1c(Cl)c(C(=O)O)cc2[nH]ccc12. The molecule has 5 heteroatoms. The smallest absolute Gasteiger partial charge is 0.337 e. The highest BCUT2D eigenvalue weighted by Crippen LogP contribution is 2.31. The predicted molar refractivity (Wildman–Crippen MR) is 54.7 cm³/mol. The highest BCUT2D eigenvalue weighted by molar-refractivity contribution is 6.37. The Morgan fingerprint density at radius 2 is 2.29 bits per heavy atom. The van der Waals surface area contributed by atoms with Crippen LogP contribution >= 0.6 is 11.6 Å². The van der Waals surface area contributed by atoms with Crippen LogP contribution in [0.2, 0.25) is 5.02 Å². The van der Waals surface area contributed by atoms with Gasteiger partial charge in [0.2, 0.25) is 0 Å². The summed E-state index contributed by atoms with van der Waals surface area (Å²) in [6, 6.07) is 3.22. The van der Waals surface area contributed by atoms with E-state index in [1.165, 1.54) is 6.07 Å². The summed E-state index contributed by atoms with van der Waals surface area (Å²) >= 11 is 5.80. The second-order valence-electron chi connectivity index (χ2n) is 2.90. The van der Waals surface area contributed by atoms with Crippen LogP contribution < -0.4 is 5.73 Å². The van der Waals surface area contributed by atoms with Crippen molar-refractivity contribution in [3.05, 3.63) is 28.9 Å². The van der Waals surface area contributed by atoms with Gasteiger partial charge in [-0.1, -0.05) is 11.6 Å². The molecule has 4 N–H and O–H groups in total. The van der Waals surface area contributed by atoms with Crippen LogP contribution in [0.15, 0.2) is 18.3 Å². The van der Waals surface area contributed by atoms with E-state index < -0.39 is 5.97 Å². The van der Waals surface area contributed by atoms with Crippen molar-refractivity contribution in [3.8, 4) is 0 Å². The highest BCUT2D eigenvalue weighted by atomic mass is 35.5. The molecular weight excluding hydrogens is 204 g/mol. The molecule has 0 aliphatic heterocycles. The van der Waals surface area contributed by atoms with Gasteiger partial charge in [0.1, 0.15) is 0 Å². The third kappa shape index (κ3) is 1.12. The molecule has 2 rings (SSSR count). The Kier molecular flexibility index (Phi) is 1.86. The Morgan fingerprint density at radius 1 is 1.57 bits per heavy atom. The van der Waals surface area contributed by atoms with E-state index >= 15 is 0 Å². The molecule has 1 heterocycles. The van der Waals surface area contributed by atoms with Gasteiger partial charge in [-0.15, -0.1) is 0 Å². The molecule has 0 spiro atoms. The highest BCUT2D eigenvalue weighted by Gasteiger charge is 2.14. The summed E-state index contributed by atoms with van der Waals surface area (Å²) in [4.78, 5) is 13.7. The fourth-order valence-corrected chi connectivity index (χ4v) is 1.60. The van der Waals surface area contributed by atoms with Crippen LogP contribution in [0.5, 0.6) is 0 Å². The van der Waals surface area contributed by atoms with Gasteiger partial charge in [-0.25, -0.2) is 4.79 Å². The second-order valence-corrected chi connectivity index (χ2v) is 3.27. The molecule has 0 saturated carbocycles. The Hall–Kier alpha value is -1.68. The standard InChI is InChI=1S/C9H7ClN2O2/c10-7-5(9(13)14)3-6-4(8(7)11)1-2-12-6/h1-3,12H,11H2,(H,13,14). The minimum absolute atomic E-state index is 0.0131. The number of nitrogens with two attached hydrogens (primary N) is 1. The van der Waals surface area contributed by atoms with Crippen molar-refractivity contribution in [1.29, 1.82) is 0 Å². The van der Waals surface area contributed by atoms with E-state index in [0.717, 1.165) is 5.39 Å². The van der Waals surface area contributed by atoms with E-state index in [1.54, 1.807) is 12.3 Å². The summed E-state index contributed by atoms with van der Waals surface area (Å²) < 4.78 is 0. The van der Waals surface area contributed by atoms with Crippen molar-refractivity contribution in [2.24, 2.45) is 0 Å². The monoisotopic (exact) mass is 210 g/mol. The summed E-state index contributed by atoms with van der Waals surface area (Å²) in [5, 5.41) is 9.66. The van der Waals surface area contributed by atoms with Crippen molar-refractivity contribution in [3.63, 3.8) is 0 Å². The number of halogens is 1. The number of carboxylic acids is 1. The summed E-state index contributed by atoms with van der Waals surface area (Å²) in [5.74, 6) is -1.08. The number of benzene rings is 1. The number of fused-ring (bicyclic) bond motifs is 1. The summed E-state index contributed by atoms with van der Waals surface area (Å²) in [7, 11) is 0. The van der Waals surface area contributed by atoms with Gasteiger partial charge in [-0.05, 0) is 12.1 Å². The second kappa shape index (κ2) is 2.92. The molecule has 0 atom stereocenters. The number of carboxylic acid groups (broad SMARTS) is 1. The van der Waals surface area contributed by atoms with Gasteiger partial charge in [0, 0.05) is 17.1 Å². The Labute approximate surface area is 84.3 Å². The predicted octanol–water partition coefficient (Wildman–Crippen LogP) is 2.10. The molecule has 72 valence electrons. The Bertz CT molecular complexity index is 519. The number of H-pyrrole nitrogens is 1. The van der Waals surface area contributed by atoms with Gasteiger partial charge in [0.25, 0.3) is 0 Å². The number of rotatable bonds is 1. The summed E-state index contributed by atoms with van der Waals surface area (Å²) in [6.07, 6.45) is 1.68. The van der Waals surface area contributed by atoms with E-state index in [2.05, 4.69) is 4.98 Å². The molecule has 0 saturated heterocycles. The number of aromatic nitrogens is 1. The maximum atomic E-state index is 10.8. The topological polar surface area (TPSA) is 79.1 Å². The maximum Gasteiger partial charge on any atom is 0.337 e. The molecule has 4 nitrogen and oxygen atoms in total. The van der Waals surface area contributed by atoms with Gasteiger partial charge in [-0.3, -0.25) is 0 Å². The van der Waals surface area contributed by atoms with E-state index in [0.29, 0.717) is 11.2 Å². The van der Waals surface area contributed by atoms with Gasteiger partial charge in [0.05, 0.1) is 16.3 Å². The Balaban J connectivity index is 2.87. The maximum absolute atomic E-state index is 10.8. The summed E-state index contributed by atoms with van der Waals surface area (Å²) in [5.41, 5.74) is 6.66. The van der Waals surface area contributed by atoms with E-state index in [4.69, 9.17) is 22.4 Å². The van der Waals surface area contributed by atoms with Crippen LogP contribution in [-0.4, -0.2) is 16.1 Å². The van der Waals surface area contributed by atoms with Crippen molar-refractivity contribution < 1.29 is 9.90 Å². The van der Waals surface area contributed by atoms with E-state index in [1.807, 2.05) is 0 Å². The zero-order valence-corrected chi connectivity index (χ0v) is 7.80. The zero-order chi connectivity index (χ0) is 10.3. The van der Waals surface area contributed by atoms with E-state index in [-0.39, 0.29) is 10.6 Å².